The van der Waals surface area contributed by atoms with Crippen LogP contribution < -0.4 is 14.8 Å². The van der Waals surface area contributed by atoms with Crippen LogP contribution in [0.25, 0.3) is 0 Å². The second-order valence-electron chi connectivity index (χ2n) is 8.22. The van der Waals surface area contributed by atoms with E-state index in [1.54, 1.807) is 0 Å². The van der Waals surface area contributed by atoms with E-state index in [0.29, 0.717) is 37.3 Å². The van der Waals surface area contributed by atoms with Gasteiger partial charge in [-0.05, 0) is 44.0 Å². The number of amides is 1. The first-order valence-electron chi connectivity index (χ1n) is 10.5. The number of aromatic nitrogens is 2. The van der Waals surface area contributed by atoms with Crippen LogP contribution in [0.2, 0.25) is 0 Å². The number of piperidine rings is 1. The molecule has 7 nitrogen and oxygen atoms in total. The summed E-state index contributed by atoms with van der Waals surface area (Å²) in [7, 11) is 0. The van der Waals surface area contributed by atoms with Gasteiger partial charge in [-0.3, -0.25) is 9.69 Å². The van der Waals surface area contributed by atoms with Crippen molar-refractivity contribution in [3.63, 3.8) is 0 Å². The molecule has 0 unspecified atom stereocenters. The van der Waals surface area contributed by atoms with E-state index >= 15 is 0 Å². The molecule has 0 radical (unpaired) electrons. The summed E-state index contributed by atoms with van der Waals surface area (Å²) in [6.45, 7) is 8.80. The fraction of sp³-hybridized carbons (Fsp3) is 0.545. The summed E-state index contributed by atoms with van der Waals surface area (Å²) >= 11 is 0. The molecular formula is C22H30N4O3. The number of benzene rings is 1. The predicted molar refractivity (Wildman–Crippen MR) is 112 cm³/mol. The molecule has 156 valence electrons. The van der Waals surface area contributed by atoms with Crippen molar-refractivity contribution in [1.82, 2.24) is 14.5 Å². The number of hydrogen-bond acceptors (Lipinski definition) is 5. The highest BCUT2D eigenvalue weighted by Gasteiger charge is 2.22. The van der Waals surface area contributed by atoms with Gasteiger partial charge in [0.05, 0.1) is 6.54 Å². The van der Waals surface area contributed by atoms with E-state index in [1.807, 2.05) is 24.4 Å². The Bertz CT molecular complexity index is 840. The summed E-state index contributed by atoms with van der Waals surface area (Å²) in [5, 5.41) is 2.98. The first-order valence-corrected chi connectivity index (χ1v) is 10.5. The number of imidazole rings is 1. The van der Waals surface area contributed by atoms with Crippen molar-refractivity contribution in [3.05, 3.63) is 36.4 Å². The van der Waals surface area contributed by atoms with E-state index in [4.69, 9.17) is 9.47 Å². The number of nitrogens with one attached hydrogen (secondary N) is 1. The highest BCUT2D eigenvalue weighted by Crippen LogP contribution is 2.32. The van der Waals surface area contributed by atoms with Gasteiger partial charge in [-0.1, -0.05) is 13.8 Å². The molecule has 2 aliphatic heterocycles. The predicted octanol–water partition coefficient (Wildman–Crippen LogP) is 3.13. The number of ether oxygens (including phenoxy) is 2. The fourth-order valence-corrected chi connectivity index (χ4v) is 4.11. The topological polar surface area (TPSA) is 68.6 Å². The molecule has 29 heavy (non-hydrogen) atoms. The molecule has 3 heterocycles. The van der Waals surface area contributed by atoms with Crippen molar-refractivity contribution in [2.24, 2.45) is 5.92 Å². The Labute approximate surface area is 172 Å². The third-order valence-corrected chi connectivity index (χ3v) is 5.62. The monoisotopic (exact) mass is 398 g/mol. The molecule has 0 saturated carbocycles. The summed E-state index contributed by atoms with van der Waals surface area (Å²) < 4.78 is 13.4. The molecule has 0 spiro atoms. The van der Waals surface area contributed by atoms with Gasteiger partial charge in [0.25, 0.3) is 0 Å². The Morgan fingerprint density at radius 2 is 1.97 bits per heavy atom. The molecule has 1 aromatic carbocycles. The molecule has 2 aliphatic rings. The van der Waals surface area contributed by atoms with Gasteiger partial charge < -0.3 is 19.4 Å². The van der Waals surface area contributed by atoms with Crippen LogP contribution in [0, 0.1) is 5.92 Å². The number of carbonyl (C=O) groups excluding carboxylic acids is 1. The van der Waals surface area contributed by atoms with E-state index in [1.165, 1.54) is 0 Å². The maximum absolute atomic E-state index is 12.5. The lowest BCUT2D eigenvalue weighted by Crippen LogP contribution is -2.40. The molecule has 0 bridgehead atoms. The largest absolute Gasteiger partial charge is 0.486 e. The molecule has 4 rings (SSSR count). The average Bonchev–Trinajstić information content (AvgIpc) is 3.18. The number of hydrogen-bond donors (Lipinski definition) is 1. The third-order valence-electron chi connectivity index (χ3n) is 5.62. The van der Waals surface area contributed by atoms with Crippen molar-refractivity contribution < 1.29 is 14.3 Å². The normalized spacial score (nSPS) is 17.5. The lowest BCUT2D eigenvalue weighted by molar-refractivity contribution is -0.117. The minimum absolute atomic E-state index is 0.0110. The number of rotatable bonds is 6. The smallest absolute Gasteiger partial charge is 0.238 e. The van der Waals surface area contributed by atoms with E-state index in [2.05, 4.69) is 39.8 Å². The van der Waals surface area contributed by atoms with Crippen molar-refractivity contribution in [2.45, 2.75) is 39.2 Å². The fourth-order valence-electron chi connectivity index (χ4n) is 4.11. The van der Waals surface area contributed by atoms with Gasteiger partial charge in [-0.15, -0.1) is 0 Å². The second-order valence-corrected chi connectivity index (χ2v) is 8.22. The molecule has 1 fully saturated rings. The molecule has 1 amide bonds. The number of carbonyl (C=O) groups is 1. The van der Waals surface area contributed by atoms with Crippen LogP contribution in [-0.4, -0.2) is 53.2 Å². The molecule has 1 aromatic heterocycles. The summed E-state index contributed by atoms with van der Waals surface area (Å²) in [5.74, 6) is 3.67. The summed E-state index contributed by atoms with van der Waals surface area (Å²) in [5.41, 5.74) is 0.746. The Kier molecular flexibility index (Phi) is 6.04. The van der Waals surface area contributed by atoms with E-state index < -0.39 is 0 Å². The number of likely N-dealkylation sites (tertiary alicyclic amines) is 1. The standard InChI is InChI=1S/C22H30N4O3/c1-16(2)22-23-7-10-26(22)14-17-5-8-25(9-6-17)15-21(27)24-18-3-4-19-20(13-18)29-12-11-28-19/h3-4,7,10,13,16-17H,5-6,8-9,11-12,14-15H2,1-2H3,(H,24,27). The third kappa shape index (κ3) is 4.90. The van der Waals surface area contributed by atoms with Gasteiger partial charge in [0.1, 0.15) is 19.0 Å². The van der Waals surface area contributed by atoms with Crippen LogP contribution in [0.5, 0.6) is 11.5 Å². The zero-order valence-corrected chi connectivity index (χ0v) is 17.3. The molecule has 1 N–H and O–H groups in total. The Balaban J connectivity index is 1.24. The number of nitrogens with zero attached hydrogens (tertiary/aromatic N) is 3. The average molecular weight is 399 g/mol. The van der Waals surface area contributed by atoms with Crippen LogP contribution in [0.1, 0.15) is 38.4 Å². The lowest BCUT2D eigenvalue weighted by atomic mass is 9.96. The van der Waals surface area contributed by atoms with E-state index in [9.17, 15) is 4.79 Å². The minimum Gasteiger partial charge on any atom is -0.486 e. The number of anilines is 1. The Morgan fingerprint density at radius 3 is 2.72 bits per heavy atom. The Hall–Kier alpha value is -2.54. The SMILES string of the molecule is CC(C)c1nccn1CC1CCN(CC(=O)Nc2ccc3c(c2)OCCO3)CC1. The maximum atomic E-state index is 12.5. The molecule has 2 aromatic rings. The summed E-state index contributed by atoms with van der Waals surface area (Å²) in [6.07, 6.45) is 6.19. The van der Waals surface area contributed by atoms with Gasteiger partial charge in [0.15, 0.2) is 11.5 Å². The Morgan fingerprint density at radius 1 is 1.21 bits per heavy atom. The van der Waals surface area contributed by atoms with Gasteiger partial charge in [-0.25, -0.2) is 4.98 Å². The van der Waals surface area contributed by atoms with Crippen LogP contribution in [-0.2, 0) is 11.3 Å². The molecule has 0 atom stereocenters. The summed E-state index contributed by atoms with van der Waals surface area (Å²) in [6, 6.07) is 5.53. The first-order chi connectivity index (χ1) is 14.1. The quantitative estimate of drug-likeness (QED) is 0.810. The second kappa shape index (κ2) is 8.86. The lowest BCUT2D eigenvalue weighted by Gasteiger charge is -2.32. The maximum Gasteiger partial charge on any atom is 0.238 e. The van der Waals surface area contributed by atoms with Crippen LogP contribution in [0.15, 0.2) is 30.6 Å². The van der Waals surface area contributed by atoms with Crippen LogP contribution in [0.4, 0.5) is 5.69 Å². The first kappa shape index (κ1) is 19.8. The van der Waals surface area contributed by atoms with Crippen molar-refractivity contribution in [1.29, 1.82) is 0 Å². The van der Waals surface area contributed by atoms with Crippen LogP contribution >= 0.6 is 0 Å². The van der Waals surface area contributed by atoms with E-state index in [0.717, 1.165) is 49.7 Å². The van der Waals surface area contributed by atoms with Gasteiger partial charge in [0, 0.05) is 36.6 Å². The van der Waals surface area contributed by atoms with Gasteiger partial charge in [-0.2, -0.15) is 0 Å². The van der Waals surface area contributed by atoms with E-state index in [-0.39, 0.29) is 5.91 Å². The molecule has 1 saturated heterocycles. The molecule has 0 aliphatic carbocycles. The van der Waals surface area contributed by atoms with Crippen molar-refractivity contribution in [3.8, 4) is 11.5 Å². The van der Waals surface area contributed by atoms with Crippen molar-refractivity contribution in [2.75, 3.05) is 38.2 Å². The van der Waals surface area contributed by atoms with Gasteiger partial charge >= 0.3 is 0 Å². The molecule has 7 heteroatoms. The van der Waals surface area contributed by atoms with Crippen molar-refractivity contribution >= 4 is 11.6 Å². The zero-order chi connectivity index (χ0) is 20.2. The summed E-state index contributed by atoms with van der Waals surface area (Å²) in [4.78, 5) is 19.2. The van der Waals surface area contributed by atoms with Crippen LogP contribution in [0.3, 0.4) is 0 Å². The zero-order valence-electron chi connectivity index (χ0n) is 17.3. The minimum atomic E-state index is 0.0110. The molecular weight excluding hydrogens is 368 g/mol. The number of fused-ring (bicyclic) bond motifs is 1. The highest BCUT2D eigenvalue weighted by molar-refractivity contribution is 5.92. The highest BCUT2D eigenvalue weighted by atomic mass is 16.6. The van der Waals surface area contributed by atoms with Gasteiger partial charge in [0.2, 0.25) is 5.91 Å².